The zero-order valence-corrected chi connectivity index (χ0v) is 12.5. The molecule has 0 bridgehead atoms. The Kier molecular flexibility index (Phi) is 1.91. The number of hydrogen-bond donors (Lipinski definition) is 0. The van der Waals surface area contributed by atoms with Gasteiger partial charge in [-0.05, 0) is 34.0 Å². The van der Waals surface area contributed by atoms with E-state index in [1.54, 1.807) is 0 Å². The fourth-order valence-electron chi connectivity index (χ4n) is 4.23. The second kappa shape index (κ2) is 3.82. The average Bonchev–Trinajstić information content (AvgIpc) is 3.13. The summed E-state index contributed by atoms with van der Waals surface area (Å²) in [7, 11) is 0. The molecule has 1 aliphatic rings. The molecule has 0 saturated heterocycles. The predicted octanol–water partition coefficient (Wildman–Crippen LogP) is 5.89. The van der Waals surface area contributed by atoms with Crippen LogP contribution < -0.4 is 0 Å². The highest BCUT2D eigenvalue weighted by atomic mass is 14.9. The summed E-state index contributed by atoms with van der Waals surface area (Å²) in [6, 6.07) is 26.4. The molecule has 2 aromatic heterocycles. The van der Waals surface area contributed by atoms with Crippen molar-refractivity contribution >= 4 is 27.1 Å². The molecule has 6 rings (SSSR count). The zero-order chi connectivity index (χ0) is 15.0. The van der Waals surface area contributed by atoms with Crippen LogP contribution in [0.15, 0.2) is 79.0 Å². The van der Waals surface area contributed by atoms with E-state index in [1.807, 2.05) is 0 Å². The molecule has 0 spiro atoms. The van der Waals surface area contributed by atoms with Gasteiger partial charge in [0.1, 0.15) is 0 Å². The van der Waals surface area contributed by atoms with E-state index >= 15 is 0 Å². The molecular weight excluding hydrogens is 278 g/mol. The Balaban J connectivity index is 1.94. The van der Waals surface area contributed by atoms with Gasteiger partial charge in [-0.1, -0.05) is 60.7 Å². The molecule has 5 aromatic rings. The number of rotatable bonds is 0. The molecule has 0 aliphatic heterocycles. The van der Waals surface area contributed by atoms with Crippen LogP contribution in [-0.2, 0) is 0 Å². The van der Waals surface area contributed by atoms with Crippen LogP contribution in [0.1, 0.15) is 0 Å². The largest absolute Gasteiger partial charge is 0.315 e. The molecule has 106 valence electrons. The second-order valence-electron chi connectivity index (χ2n) is 6.24. The summed E-state index contributed by atoms with van der Waals surface area (Å²) in [5.41, 5.74) is 6.73. The Labute approximate surface area is 133 Å². The van der Waals surface area contributed by atoms with Gasteiger partial charge in [-0.2, -0.15) is 0 Å². The molecule has 3 aromatic carbocycles. The van der Waals surface area contributed by atoms with Gasteiger partial charge < -0.3 is 4.40 Å². The van der Waals surface area contributed by atoms with Crippen LogP contribution in [0.4, 0.5) is 0 Å². The van der Waals surface area contributed by atoms with E-state index in [9.17, 15) is 0 Å². The molecule has 23 heavy (non-hydrogen) atoms. The summed E-state index contributed by atoms with van der Waals surface area (Å²) in [6.07, 6.45) is 2.18. The highest BCUT2D eigenvalue weighted by Gasteiger charge is 2.26. The molecule has 1 aliphatic carbocycles. The lowest BCUT2D eigenvalue weighted by molar-refractivity contribution is 1.22. The van der Waals surface area contributed by atoms with Gasteiger partial charge in [0.15, 0.2) is 0 Å². The number of hydrogen-bond acceptors (Lipinski definition) is 0. The number of nitrogens with zero attached hydrogens (tertiary/aromatic N) is 1. The van der Waals surface area contributed by atoms with Crippen LogP contribution in [0.2, 0.25) is 0 Å². The third kappa shape index (κ3) is 1.25. The molecular formula is C22H13N. The van der Waals surface area contributed by atoms with Gasteiger partial charge >= 0.3 is 0 Å². The molecule has 0 atom stereocenters. The SMILES string of the molecule is c1ccc2c3c(ccc2c1)-c1c2c-3cccc2c2ccccn12. The Morgan fingerprint density at radius 2 is 1.48 bits per heavy atom. The molecule has 1 heteroatoms. The summed E-state index contributed by atoms with van der Waals surface area (Å²) in [5, 5.41) is 5.39. The van der Waals surface area contributed by atoms with E-state index in [2.05, 4.69) is 83.4 Å². The maximum atomic E-state index is 2.34. The molecule has 0 fully saturated rings. The standard InChI is InChI=1S/C22H13N/c1-2-7-15-14(6-1)11-12-18-20(15)17-9-5-8-16-19-10-3-4-13-23(19)22(18)21(16)17/h1-13H. The van der Waals surface area contributed by atoms with E-state index in [0.29, 0.717) is 0 Å². The lowest BCUT2D eigenvalue weighted by atomic mass is 9.96. The minimum atomic E-state index is 1.29. The molecule has 2 heterocycles. The van der Waals surface area contributed by atoms with Crippen LogP contribution in [0.3, 0.4) is 0 Å². The number of pyridine rings is 1. The van der Waals surface area contributed by atoms with Crippen LogP contribution in [0, 0.1) is 0 Å². The maximum Gasteiger partial charge on any atom is 0.0620 e. The van der Waals surface area contributed by atoms with Crippen molar-refractivity contribution in [2.45, 2.75) is 0 Å². The summed E-state index contributed by atoms with van der Waals surface area (Å²) in [6.45, 7) is 0. The third-order valence-electron chi connectivity index (χ3n) is 5.13. The van der Waals surface area contributed by atoms with Crippen molar-refractivity contribution in [3.8, 4) is 22.4 Å². The first-order valence-electron chi connectivity index (χ1n) is 7.98. The van der Waals surface area contributed by atoms with Crippen LogP contribution in [0.5, 0.6) is 0 Å². The summed E-state index contributed by atoms with van der Waals surface area (Å²) in [4.78, 5) is 0. The van der Waals surface area contributed by atoms with Crippen molar-refractivity contribution in [3.05, 3.63) is 79.0 Å². The monoisotopic (exact) mass is 291 g/mol. The van der Waals surface area contributed by atoms with Crippen LogP contribution in [0.25, 0.3) is 49.4 Å². The van der Waals surface area contributed by atoms with E-state index < -0.39 is 0 Å². The van der Waals surface area contributed by atoms with Crippen molar-refractivity contribution in [2.24, 2.45) is 0 Å². The Bertz CT molecular complexity index is 1260. The van der Waals surface area contributed by atoms with Gasteiger partial charge in [-0.3, -0.25) is 0 Å². The lowest BCUT2D eigenvalue weighted by Gasteiger charge is -2.09. The topological polar surface area (TPSA) is 4.41 Å². The molecule has 0 saturated carbocycles. The fourth-order valence-corrected chi connectivity index (χ4v) is 4.23. The smallest absolute Gasteiger partial charge is 0.0620 e. The van der Waals surface area contributed by atoms with Crippen molar-refractivity contribution < 1.29 is 0 Å². The molecule has 1 nitrogen and oxygen atoms in total. The number of benzene rings is 3. The molecule has 0 amide bonds. The van der Waals surface area contributed by atoms with Gasteiger partial charge in [0.25, 0.3) is 0 Å². The maximum absolute atomic E-state index is 2.34. The Hall–Kier alpha value is -3.06. The quantitative estimate of drug-likeness (QED) is 0.328. The zero-order valence-electron chi connectivity index (χ0n) is 12.5. The lowest BCUT2D eigenvalue weighted by Crippen LogP contribution is -1.87. The van der Waals surface area contributed by atoms with Gasteiger partial charge in [0.05, 0.1) is 11.2 Å². The summed E-state index contributed by atoms with van der Waals surface area (Å²) >= 11 is 0. The number of fused-ring (bicyclic) bond motifs is 8. The Morgan fingerprint density at radius 1 is 0.609 bits per heavy atom. The Morgan fingerprint density at radius 3 is 2.48 bits per heavy atom. The van der Waals surface area contributed by atoms with Crippen LogP contribution in [-0.4, -0.2) is 4.40 Å². The predicted molar refractivity (Wildman–Crippen MR) is 96.8 cm³/mol. The van der Waals surface area contributed by atoms with Gasteiger partial charge in [-0.25, -0.2) is 0 Å². The van der Waals surface area contributed by atoms with Gasteiger partial charge in [0.2, 0.25) is 0 Å². The highest BCUT2D eigenvalue weighted by molar-refractivity contribution is 6.24. The third-order valence-corrected chi connectivity index (χ3v) is 5.13. The molecule has 0 N–H and O–H groups in total. The van der Waals surface area contributed by atoms with Crippen molar-refractivity contribution in [1.29, 1.82) is 0 Å². The molecule has 0 radical (unpaired) electrons. The normalized spacial score (nSPS) is 12.3. The number of aromatic nitrogens is 1. The van der Waals surface area contributed by atoms with Gasteiger partial charge in [-0.15, -0.1) is 0 Å². The van der Waals surface area contributed by atoms with Crippen molar-refractivity contribution in [1.82, 2.24) is 4.40 Å². The first-order valence-corrected chi connectivity index (χ1v) is 7.98. The van der Waals surface area contributed by atoms with E-state index in [0.717, 1.165) is 0 Å². The second-order valence-corrected chi connectivity index (χ2v) is 6.24. The average molecular weight is 291 g/mol. The first-order chi connectivity index (χ1) is 11.4. The van der Waals surface area contributed by atoms with Gasteiger partial charge in [0, 0.05) is 22.5 Å². The minimum Gasteiger partial charge on any atom is -0.315 e. The van der Waals surface area contributed by atoms with Crippen LogP contribution >= 0.6 is 0 Å². The van der Waals surface area contributed by atoms with Crippen molar-refractivity contribution in [2.75, 3.05) is 0 Å². The van der Waals surface area contributed by atoms with Crippen molar-refractivity contribution in [3.63, 3.8) is 0 Å². The highest BCUT2D eigenvalue weighted by Crippen LogP contribution is 2.51. The minimum absolute atomic E-state index is 1.29. The fraction of sp³-hybridized carbons (Fsp3) is 0. The summed E-state index contributed by atoms with van der Waals surface area (Å²) < 4.78 is 2.34. The van der Waals surface area contributed by atoms with E-state index in [1.165, 1.54) is 49.4 Å². The first kappa shape index (κ1) is 11.5. The summed E-state index contributed by atoms with van der Waals surface area (Å²) in [5.74, 6) is 0. The van der Waals surface area contributed by atoms with E-state index in [-0.39, 0.29) is 0 Å². The van der Waals surface area contributed by atoms with E-state index in [4.69, 9.17) is 0 Å². The molecule has 0 unspecified atom stereocenters.